The topological polar surface area (TPSA) is 38.9 Å². The van der Waals surface area contributed by atoms with Crippen molar-refractivity contribution in [3.63, 3.8) is 0 Å². The van der Waals surface area contributed by atoms with Crippen LogP contribution in [0.3, 0.4) is 0 Å². The Labute approximate surface area is 295 Å². The molecular weight excluding hydrogens is 621 g/mol. The van der Waals surface area contributed by atoms with Gasteiger partial charge in [-0.25, -0.2) is 9.97 Å². The largest absolute Gasteiger partial charge is 0.455 e. The molecule has 238 valence electrons. The van der Waals surface area contributed by atoms with Crippen molar-refractivity contribution in [2.45, 2.75) is 0 Å². The number of benzene rings is 8. The molecule has 0 spiro atoms. The van der Waals surface area contributed by atoms with Crippen molar-refractivity contribution in [2.75, 3.05) is 0 Å². The van der Waals surface area contributed by atoms with Crippen LogP contribution in [-0.4, -0.2) is 9.97 Å². The fourth-order valence-corrected chi connectivity index (χ4v) is 7.33. The fourth-order valence-electron chi connectivity index (χ4n) is 7.33. The van der Waals surface area contributed by atoms with Crippen LogP contribution in [0, 0.1) is 0 Å². The first-order valence-corrected chi connectivity index (χ1v) is 17.2. The van der Waals surface area contributed by atoms with Crippen LogP contribution < -0.4 is 0 Å². The van der Waals surface area contributed by atoms with Gasteiger partial charge in [-0.2, -0.15) is 0 Å². The standard InChI is InChI=1S/C48H30N2O/c1-2-14-33(15-3-1)44-30-45(50-48(49-44)43-22-10-17-32-13-6-7-18-39(32)43)38-28-36(35-25-24-31-12-4-5-16-34(31)26-35)27-37(29-38)40-20-11-21-42-41-19-8-9-23-46(41)51-47(40)42/h1-30H. The molecule has 8 aromatic carbocycles. The van der Waals surface area contributed by atoms with Crippen LogP contribution in [0.1, 0.15) is 0 Å². The molecule has 10 rings (SSSR count). The van der Waals surface area contributed by atoms with E-state index in [2.05, 4.69) is 164 Å². The third kappa shape index (κ3) is 5.15. The van der Waals surface area contributed by atoms with E-state index in [0.717, 1.165) is 83.0 Å². The molecule has 0 saturated carbocycles. The summed E-state index contributed by atoms with van der Waals surface area (Å²) in [6.45, 7) is 0. The van der Waals surface area contributed by atoms with Crippen molar-refractivity contribution < 1.29 is 4.42 Å². The van der Waals surface area contributed by atoms with Gasteiger partial charge in [0.05, 0.1) is 11.4 Å². The van der Waals surface area contributed by atoms with Gasteiger partial charge in [0.25, 0.3) is 0 Å². The maximum absolute atomic E-state index is 6.56. The number of aromatic nitrogens is 2. The highest BCUT2D eigenvalue weighted by atomic mass is 16.3. The first kappa shape index (κ1) is 29.1. The van der Waals surface area contributed by atoms with Crippen LogP contribution in [0.4, 0.5) is 0 Å². The predicted molar refractivity (Wildman–Crippen MR) is 212 cm³/mol. The Balaban J connectivity index is 1.24. The Morgan fingerprint density at radius 2 is 0.961 bits per heavy atom. The summed E-state index contributed by atoms with van der Waals surface area (Å²) in [7, 11) is 0. The van der Waals surface area contributed by atoms with E-state index >= 15 is 0 Å². The van der Waals surface area contributed by atoms with Crippen LogP contribution in [0.25, 0.3) is 99.6 Å². The minimum absolute atomic E-state index is 0.695. The molecule has 3 heteroatoms. The van der Waals surface area contributed by atoms with Gasteiger partial charge in [0.15, 0.2) is 5.82 Å². The molecular formula is C48H30N2O. The van der Waals surface area contributed by atoms with Crippen LogP contribution in [-0.2, 0) is 0 Å². The second-order valence-electron chi connectivity index (χ2n) is 13.0. The summed E-state index contributed by atoms with van der Waals surface area (Å²) in [4.78, 5) is 10.5. The van der Waals surface area contributed by atoms with Crippen molar-refractivity contribution in [1.82, 2.24) is 9.97 Å². The average Bonchev–Trinajstić information content (AvgIpc) is 3.59. The average molecular weight is 651 g/mol. The lowest BCUT2D eigenvalue weighted by atomic mass is 9.93. The van der Waals surface area contributed by atoms with Gasteiger partial charge < -0.3 is 4.42 Å². The van der Waals surface area contributed by atoms with Gasteiger partial charge >= 0.3 is 0 Å². The summed E-state index contributed by atoms with van der Waals surface area (Å²) in [6.07, 6.45) is 0. The first-order chi connectivity index (χ1) is 25.2. The SMILES string of the molecule is c1ccc(-c2cc(-c3cc(-c4ccc5ccccc5c4)cc(-c4cccc5c4oc4ccccc45)c3)nc(-c3cccc4ccccc34)n2)cc1. The second kappa shape index (κ2) is 11.9. The molecule has 0 aliphatic heterocycles. The highest BCUT2D eigenvalue weighted by Gasteiger charge is 2.17. The lowest BCUT2D eigenvalue weighted by molar-refractivity contribution is 0.670. The van der Waals surface area contributed by atoms with E-state index in [-0.39, 0.29) is 0 Å². The van der Waals surface area contributed by atoms with Gasteiger partial charge in [-0.3, -0.25) is 0 Å². The minimum atomic E-state index is 0.695. The maximum atomic E-state index is 6.56. The Morgan fingerprint density at radius 3 is 1.84 bits per heavy atom. The predicted octanol–water partition coefficient (Wildman–Crippen LogP) is 13.0. The molecule has 0 saturated heterocycles. The molecule has 10 aromatic rings. The third-order valence-electron chi connectivity index (χ3n) is 9.85. The van der Waals surface area contributed by atoms with Crippen LogP contribution in [0.2, 0.25) is 0 Å². The molecule has 0 bridgehead atoms. The molecule has 0 radical (unpaired) electrons. The number of rotatable bonds is 5. The van der Waals surface area contributed by atoms with Crippen LogP contribution in [0.5, 0.6) is 0 Å². The van der Waals surface area contributed by atoms with E-state index in [1.165, 1.54) is 10.8 Å². The van der Waals surface area contributed by atoms with E-state index < -0.39 is 0 Å². The third-order valence-corrected chi connectivity index (χ3v) is 9.85. The van der Waals surface area contributed by atoms with E-state index in [9.17, 15) is 0 Å². The van der Waals surface area contributed by atoms with Crippen LogP contribution in [0.15, 0.2) is 186 Å². The molecule has 3 nitrogen and oxygen atoms in total. The number of hydrogen-bond acceptors (Lipinski definition) is 3. The molecule has 0 atom stereocenters. The molecule has 0 N–H and O–H groups in total. The van der Waals surface area contributed by atoms with Gasteiger partial charge in [0.2, 0.25) is 0 Å². The van der Waals surface area contributed by atoms with Crippen molar-refractivity contribution in [1.29, 1.82) is 0 Å². The molecule has 0 unspecified atom stereocenters. The summed E-state index contributed by atoms with van der Waals surface area (Å²) in [5.74, 6) is 0.695. The van der Waals surface area contributed by atoms with Crippen LogP contribution >= 0.6 is 0 Å². The molecule has 2 heterocycles. The number of nitrogens with zero attached hydrogens (tertiary/aromatic N) is 2. The van der Waals surface area contributed by atoms with E-state index in [0.29, 0.717) is 5.82 Å². The molecule has 2 aromatic heterocycles. The Morgan fingerprint density at radius 1 is 0.333 bits per heavy atom. The zero-order chi connectivity index (χ0) is 33.7. The van der Waals surface area contributed by atoms with Gasteiger partial charge in [0, 0.05) is 33.0 Å². The molecule has 0 aliphatic rings. The zero-order valence-electron chi connectivity index (χ0n) is 27.6. The van der Waals surface area contributed by atoms with Gasteiger partial charge in [-0.05, 0) is 74.6 Å². The summed E-state index contributed by atoms with van der Waals surface area (Å²) < 4.78 is 6.56. The Bertz CT molecular complexity index is 2920. The molecule has 0 aliphatic carbocycles. The molecule has 0 fully saturated rings. The molecule has 51 heavy (non-hydrogen) atoms. The van der Waals surface area contributed by atoms with E-state index in [1.54, 1.807) is 0 Å². The van der Waals surface area contributed by atoms with Crippen molar-refractivity contribution >= 4 is 43.5 Å². The minimum Gasteiger partial charge on any atom is -0.455 e. The van der Waals surface area contributed by atoms with Crippen molar-refractivity contribution in [3.8, 4) is 56.2 Å². The number of fused-ring (bicyclic) bond motifs is 5. The van der Waals surface area contributed by atoms with Gasteiger partial charge in [-0.15, -0.1) is 0 Å². The zero-order valence-corrected chi connectivity index (χ0v) is 27.6. The highest BCUT2D eigenvalue weighted by Crippen LogP contribution is 2.40. The monoisotopic (exact) mass is 650 g/mol. The first-order valence-electron chi connectivity index (χ1n) is 17.2. The Hall–Kier alpha value is -6.84. The quantitative estimate of drug-likeness (QED) is 0.186. The number of hydrogen-bond donors (Lipinski definition) is 0. The van der Waals surface area contributed by atoms with Gasteiger partial charge in [-0.1, -0.05) is 146 Å². The maximum Gasteiger partial charge on any atom is 0.161 e. The highest BCUT2D eigenvalue weighted by molar-refractivity contribution is 6.10. The summed E-state index contributed by atoms with van der Waals surface area (Å²) in [6, 6.07) is 63.9. The van der Waals surface area contributed by atoms with E-state index in [4.69, 9.17) is 14.4 Å². The van der Waals surface area contributed by atoms with E-state index in [1.807, 2.05) is 18.2 Å². The lowest BCUT2D eigenvalue weighted by Gasteiger charge is -2.14. The fraction of sp³-hybridized carbons (Fsp3) is 0. The summed E-state index contributed by atoms with van der Waals surface area (Å²) >= 11 is 0. The lowest BCUT2D eigenvalue weighted by Crippen LogP contribution is -1.97. The smallest absolute Gasteiger partial charge is 0.161 e. The summed E-state index contributed by atoms with van der Waals surface area (Å²) in [5.41, 5.74) is 10.9. The van der Waals surface area contributed by atoms with Gasteiger partial charge in [0.1, 0.15) is 11.2 Å². The normalized spacial score (nSPS) is 11.5. The Kier molecular flexibility index (Phi) is 6.81. The second-order valence-corrected chi connectivity index (χ2v) is 13.0. The number of para-hydroxylation sites is 2. The summed E-state index contributed by atoms with van der Waals surface area (Å²) in [5, 5.41) is 6.92. The molecule has 0 amide bonds. The van der Waals surface area contributed by atoms with Crippen molar-refractivity contribution in [3.05, 3.63) is 182 Å². The van der Waals surface area contributed by atoms with Crippen molar-refractivity contribution in [2.24, 2.45) is 0 Å². The number of furan rings is 1.